The maximum atomic E-state index is 12.2. The minimum atomic E-state index is -0.142. The predicted molar refractivity (Wildman–Crippen MR) is 84.5 cm³/mol. The van der Waals surface area contributed by atoms with Gasteiger partial charge < -0.3 is 15.8 Å². The van der Waals surface area contributed by atoms with E-state index in [1.54, 1.807) is 19.2 Å². The van der Waals surface area contributed by atoms with Gasteiger partial charge in [-0.3, -0.25) is 4.79 Å². The summed E-state index contributed by atoms with van der Waals surface area (Å²) >= 11 is 0. The largest absolute Gasteiger partial charge is 0.497 e. The molecule has 0 aromatic heterocycles. The van der Waals surface area contributed by atoms with E-state index in [1.807, 2.05) is 44.2 Å². The molecule has 4 nitrogen and oxygen atoms in total. The quantitative estimate of drug-likeness (QED) is 0.848. The summed E-state index contributed by atoms with van der Waals surface area (Å²) in [6.45, 7) is 3.85. The summed E-state index contributed by atoms with van der Waals surface area (Å²) in [5.41, 5.74) is 8.98. The fraction of sp³-hybridized carbons (Fsp3) is 0.235. The molecule has 0 aliphatic heterocycles. The second kappa shape index (κ2) is 6.31. The van der Waals surface area contributed by atoms with Gasteiger partial charge in [0.2, 0.25) is 0 Å². The van der Waals surface area contributed by atoms with Crippen LogP contribution in [0.1, 0.15) is 34.5 Å². The van der Waals surface area contributed by atoms with Crippen LogP contribution in [-0.2, 0) is 0 Å². The third-order valence-electron chi connectivity index (χ3n) is 3.48. The molecule has 0 heterocycles. The summed E-state index contributed by atoms with van der Waals surface area (Å²) in [7, 11) is 1.62. The Morgan fingerprint density at radius 2 is 2.00 bits per heavy atom. The standard InChI is InChI=1S/C17H20N2O2/c1-11-7-8-14(10-16(11)18)17(20)19-12(2)13-5-4-6-15(9-13)21-3/h4-10,12H,18H2,1-3H3,(H,19,20). The van der Waals surface area contributed by atoms with E-state index in [0.717, 1.165) is 16.9 Å². The number of carbonyl (C=O) groups is 1. The van der Waals surface area contributed by atoms with Crippen LogP contribution in [0, 0.1) is 6.92 Å². The highest BCUT2D eigenvalue weighted by Crippen LogP contribution is 2.20. The van der Waals surface area contributed by atoms with Crippen molar-refractivity contribution in [3.8, 4) is 5.75 Å². The summed E-state index contributed by atoms with van der Waals surface area (Å²) in [4.78, 5) is 12.2. The number of nitrogen functional groups attached to an aromatic ring is 1. The number of nitrogens with two attached hydrogens (primary N) is 1. The van der Waals surface area contributed by atoms with E-state index < -0.39 is 0 Å². The van der Waals surface area contributed by atoms with Gasteiger partial charge >= 0.3 is 0 Å². The topological polar surface area (TPSA) is 64.3 Å². The van der Waals surface area contributed by atoms with Crippen LogP contribution in [0.25, 0.3) is 0 Å². The van der Waals surface area contributed by atoms with Gasteiger partial charge in [0, 0.05) is 11.3 Å². The van der Waals surface area contributed by atoms with Gasteiger partial charge in [0.25, 0.3) is 5.91 Å². The Morgan fingerprint density at radius 1 is 1.24 bits per heavy atom. The van der Waals surface area contributed by atoms with Crippen molar-refractivity contribution in [2.75, 3.05) is 12.8 Å². The number of methoxy groups -OCH3 is 1. The van der Waals surface area contributed by atoms with Gasteiger partial charge in [-0.15, -0.1) is 0 Å². The van der Waals surface area contributed by atoms with Crippen molar-refractivity contribution in [1.82, 2.24) is 5.32 Å². The molecule has 2 rings (SSSR count). The maximum absolute atomic E-state index is 12.2. The van der Waals surface area contributed by atoms with Gasteiger partial charge in [-0.1, -0.05) is 18.2 Å². The number of amides is 1. The molecule has 0 saturated heterocycles. The average molecular weight is 284 g/mol. The van der Waals surface area contributed by atoms with Crippen molar-refractivity contribution in [3.63, 3.8) is 0 Å². The first-order chi connectivity index (χ1) is 10.0. The van der Waals surface area contributed by atoms with Crippen molar-refractivity contribution < 1.29 is 9.53 Å². The molecule has 0 aliphatic carbocycles. The number of hydrogen-bond acceptors (Lipinski definition) is 3. The van der Waals surface area contributed by atoms with Crippen molar-refractivity contribution in [2.24, 2.45) is 0 Å². The van der Waals surface area contributed by atoms with Gasteiger partial charge in [0.05, 0.1) is 13.2 Å². The van der Waals surface area contributed by atoms with Crippen molar-refractivity contribution in [1.29, 1.82) is 0 Å². The Hall–Kier alpha value is -2.49. The third-order valence-corrected chi connectivity index (χ3v) is 3.48. The highest BCUT2D eigenvalue weighted by molar-refractivity contribution is 5.95. The highest BCUT2D eigenvalue weighted by atomic mass is 16.5. The first-order valence-electron chi connectivity index (χ1n) is 6.82. The predicted octanol–water partition coefficient (Wildman–Crippen LogP) is 3.08. The van der Waals surface area contributed by atoms with Gasteiger partial charge in [0.15, 0.2) is 0 Å². The molecule has 1 amide bonds. The number of benzene rings is 2. The Balaban J connectivity index is 2.12. The van der Waals surface area contributed by atoms with E-state index in [0.29, 0.717) is 11.3 Å². The summed E-state index contributed by atoms with van der Waals surface area (Å²) in [6, 6.07) is 12.9. The molecule has 0 spiro atoms. The molecule has 4 heteroatoms. The Labute approximate surface area is 124 Å². The number of hydrogen-bond donors (Lipinski definition) is 2. The van der Waals surface area contributed by atoms with E-state index in [2.05, 4.69) is 5.32 Å². The minimum absolute atomic E-state index is 0.116. The molecule has 0 saturated carbocycles. The molecule has 3 N–H and O–H groups in total. The van der Waals surface area contributed by atoms with E-state index in [-0.39, 0.29) is 11.9 Å². The van der Waals surface area contributed by atoms with Gasteiger partial charge in [0.1, 0.15) is 5.75 Å². The van der Waals surface area contributed by atoms with E-state index in [4.69, 9.17) is 10.5 Å². The van der Waals surface area contributed by atoms with Crippen LogP contribution in [0.3, 0.4) is 0 Å². The zero-order valence-corrected chi connectivity index (χ0v) is 12.5. The summed E-state index contributed by atoms with van der Waals surface area (Å²) in [5, 5.41) is 2.96. The average Bonchev–Trinajstić information content (AvgIpc) is 2.49. The molecule has 1 unspecified atom stereocenters. The number of rotatable bonds is 4. The lowest BCUT2D eigenvalue weighted by molar-refractivity contribution is 0.0940. The number of nitrogens with one attached hydrogen (secondary N) is 1. The Kier molecular flexibility index (Phi) is 4.48. The normalized spacial score (nSPS) is 11.8. The number of carbonyl (C=O) groups excluding carboxylic acids is 1. The molecule has 0 fully saturated rings. The zero-order chi connectivity index (χ0) is 15.4. The number of ether oxygens (including phenoxy) is 1. The summed E-state index contributed by atoms with van der Waals surface area (Å²) in [5.74, 6) is 0.630. The molecular weight excluding hydrogens is 264 g/mol. The first-order valence-corrected chi connectivity index (χ1v) is 6.82. The molecule has 110 valence electrons. The second-order valence-electron chi connectivity index (χ2n) is 5.04. The van der Waals surface area contributed by atoms with Crippen molar-refractivity contribution in [3.05, 3.63) is 59.2 Å². The lowest BCUT2D eigenvalue weighted by atomic mass is 10.1. The second-order valence-corrected chi connectivity index (χ2v) is 5.04. The smallest absolute Gasteiger partial charge is 0.251 e. The minimum Gasteiger partial charge on any atom is -0.497 e. The van der Waals surface area contributed by atoms with Crippen molar-refractivity contribution >= 4 is 11.6 Å². The first kappa shape index (κ1) is 14.9. The molecule has 0 bridgehead atoms. The molecule has 0 aliphatic rings. The third kappa shape index (κ3) is 3.54. The molecule has 2 aromatic rings. The van der Waals surface area contributed by atoms with Gasteiger partial charge in [-0.05, 0) is 49.2 Å². The van der Waals surface area contributed by atoms with Crippen LogP contribution >= 0.6 is 0 Å². The maximum Gasteiger partial charge on any atom is 0.251 e. The van der Waals surface area contributed by atoms with Crippen LogP contribution in [0.2, 0.25) is 0 Å². The van der Waals surface area contributed by atoms with Gasteiger partial charge in [-0.25, -0.2) is 0 Å². The van der Waals surface area contributed by atoms with Crippen LogP contribution in [-0.4, -0.2) is 13.0 Å². The number of aryl methyl sites for hydroxylation is 1. The number of anilines is 1. The summed E-state index contributed by atoms with van der Waals surface area (Å²) in [6.07, 6.45) is 0. The van der Waals surface area contributed by atoms with E-state index in [1.165, 1.54) is 0 Å². The van der Waals surface area contributed by atoms with Crippen LogP contribution in [0.4, 0.5) is 5.69 Å². The molecule has 21 heavy (non-hydrogen) atoms. The Morgan fingerprint density at radius 3 is 2.67 bits per heavy atom. The summed E-state index contributed by atoms with van der Waals surface area (Å²) < 4.78 is 5.19. The molecule has 0 radical (unpaired) electrons. The van der Waals surface area contributed by atoms with Crippen molar-refractivity contribution in [2.45, 2.75) is 19.9 Å². The zero-order valence-electron chi connectivity index (χ0n) is 12.5. The lowest BCUT2D eigenvalue weighted by Crippen LogP contribution is -2.26. The van der Waals surface area contributed by atoms with Crippen LogP contribution < -0.4 is 15.8 Å². The van der Waals surface area contributed by atoms with Gasteiger partial charge in [-0.2, -0.15) is 0 Å². The monoisotopic (exact) mass is 284 g/mol. The fourth-order valence-corrected chi connectivity index (χ4v) is 2.06. The fourth-order valence-electron chi connectivity index (χ4n) is 2.06. The molecule has 2 aromatic carbocycles. The highest BCUT2D eigenvalue weighted by Gasteiger charge is 2.12. The molecule has 1 atom stereocenters. The van der Waals surface area contributed by atoms with Crippen LogP contribution in [0.15, 0.2) is 42.5 Å². The Bertz CT molecular complexity index is 653. The van der Waals surface area contributed by atoms with E-state index in [9.17, 15) is 4.79 Å². The lowest BCUT2D eigenvalue weighted by Gasteiger charge is -2.15. The SMILES string of the molecule is COc1cccc(C(C)NC(=O)c2ccc(C)c(N)c2)c1. The molecular formula is C17H20N2O2. The van der Waals surface area contributed by atoms with Crippen LogP contribution in [0.5, 0.6) is 5.75 Å². The van der Waals surface area contributed by atoms with E-state index >= 15 is 0 Å².